The van der Waals surface area contributed by atoms with Crippen LogP contribution in [0.4, 0.5) is 0 Å². The monoisotopic (exact) mass is 232 g/mol. The first-order chi connectivity index (χ1) is 7.00. The zero-order valence-electron chi connectivity index (χ0n) is 9.83. The second-order valence-electron chi connectivity index (χ2n) is 5.02. The normalized spacial score (nSPS) is 31.7. The Bertz CT molecular complexity index is 216. The lowest BCUT2D eigenvalue weighted by molar-refractivity contribution is -0.152. The average molecular weight is 233 g/mol. The van der Waals surface area contributed by atoms with Crippen LogP contribution < -0.4 is 0 Å². The van der Waals surface area contributed by atoms with Gasteiger partial charge in [0.2, 0.25) is 0 Å². The van der Waals surface area contributed by atoms with E-state index in [1.165, 1.54) is 0 Å². The molecule has 0 aromatic rings. The highest BCUT2D eigenvalue weighted by Crippen LogP contribution is 2.33. The van der Waals surface area contributed by atoms with Gasteiger partial charge < -0.3 is 4.74 Å². The van der Waals surface area contributed by atoms with Crippen LogP contribution in [0.15, 0.2) is 0 Å². The standard InChI is InChI=1S/C12H21ClO2/c1-8(2)7-15-12(14)11-5-4-10(13)6-9(11)3/h8-11H,4-7H2,1-3H3. The van der Waals surface area contributed by atoms with Crippen molar-refractivity contribution in [3.63, 3.8) is 0 Å². The van der Waals surface area contributed by atoms with Crippen LogP contribution in [-0.4, -0.2) is 18.0 Å². The van der Waals surface area contributed by atoms with Crippen molar-refractivity contribution >= 4 is 17.6 Å². The Morgan fingerprint density at radius 3 is 2.67 bits per heavy atom. The van der Waals surface area contributed by atoms with Gasteiger partial charge in [0, 0.05) is 5.38 Å². The molecule has 88 valence electrons. The van der Waals surface area contributed by atoms with Gasteiger partial charge in [-0.05, 0) is 31.1 Å². The van der Waals surface area contributed by atoms with E-state index in [4.69, 9.17) is 16.3 Å². The van der Waals surface area contributed by atoms with Crippen LogP contribution >= 0.6 is 11.6 Å². The van der Waals surface area contributed by atoms with Crippen LogP contribution in [0.1, 0.15) is 40.0 Å². The minimum atomic E-state index is -0.0280. The number of carbonyl (C=O) groups is 1. The van der Waals surface area contributed by atoms with Gasteiger partial charge in [-0.1, -0.05) is 20.8 Å². The molecule has 3 unspecified atom stereocenters. The summed E-state index contributed by atoms with van der Waals surface area (Å²) >= 11 is 6.06. The Labute approximate surface area is 97.3 Å². The van der Waals surface area contributed by atoms with Gasteiger partial charge in [-0.15, -0.1) is 11.6 Å². The Morgan fingerprint density at radius 2 is 2.13 bits per heavy atom. The molecule has 3 atom stereocenters. The first-order valence-corrected chi connectivity index (χ1v) is 6.25. The maximum Gasteiger partial charge on any atom is 0.309 e. The van der Waals surface area contributed by atoms with Gasteiger partial charge in [0.05, 0.1) is 12.5 Å². The van der Waals surface area contributed by atoms with Crippen LogP contribution in [0.25, 0.3) is 0 Å². The third-order valence-electron chi connectivity index (χ3n) is 2.97. The zero-order chi connectivity index (χ0) is 11.4. The molecule has 3 heteroatoms. The fourth-order valence-corrected chi connectivity index (χ4v) is 2.44. The van der Waals surface area contributed by atoms with Crippen molar-refractivity contribution in [2.24, 2.45) is 17.8 Å². The van der Waals surface area contributed by atoms with E-state index in [1.807, 2.05) is 13.8 Å². The molecule has 0 spiro atoms. The molecule has 1 saturated carbocycles. The Balaban J connectivity index is 2.38. The van der Waals surface area contributed by atoms with Crippen LogP contribution in [0.2, 0.25) is 0 Å². The molecule has 0 bridgehead atoms. The molecule has 2 nitrogen and oxygen atoms in total. The zero-order valence-corrected chi connectivity index (χ0v) is 10.6. The molecule has 0 heterocycles. The van der Waals surface area contributed by atoms with Crippen molar-refractivity contribution in [2.75, 3.05) is 6.61 Å². The lowest BCUT2D eigenvalue weighted by Gasteiger charge is -2.29. The lowest BCUT2D eigenvalue weighted by Crippen LogP contribution is -2.31. The van der Waals surface area contributed by atoms with Gasteiger partial charge in [0.25, 0.3) is 0 Å². The summed E-state index contributed by atoms with van der Waals surface area (Å²) in [5, 5.41) is 0.245. The van der Waals surface area contributed by atoms with Crippen LogP contribution in [0, 0.1) is 17.8 Å². The molecule has 0 aromatic heterocycles. The van der Waals surface area contributed by atoms with E-state index in [-0.39, 0.29) is 17.3 Å². The molecule has 0 radical (unpaired) electrons. The smallest absolute Gasteiger partial charge is 0.309 e. The third kappa shape index (κ3) is 4.02. The van der Waals surface area contributed by atoms with E-state index in [0.29, 0.717) is 18.4 Å². The van der Waals surface area contributed by atoms with Crippen molar-refractivity contribution in [3.05, 3.63) is 0 Å². The molecule has 0 saturated heterocycles. The van der Waals surface area contributed by atoms with Gasteiger partial charge in [-0.3, -0.25) is 4.79 Å². The summed E-state index contributed by atoms with van der Waals surface area (Å²) in [7, 11) is 0. The van der Waals surface area contributed by atoms with Crippen LogP contribution in [0.3, 0.4) is 0 Å². The summed E-state index contributed by atoms with van der Waals surface area (Å²) in [5.41, 5.74) is 0. The Hall–Kier alpha value is -0.240. The lowest BCUT2D eigenvalue weighted by atomic mass is 9.80. The van der Waals surface area contributed by atoms with E-state index >= 15 is 0 Å². The second-order valence-corrected chi connectivity index (χ2v) is 5.64. The SMILES string of the molecule is CC(C)COC(=O)C1CCC(Cl)CC1C. The summed E-state index contributed by atoms with van der Waals surface area (Å²) in [5.74, 6) is 0.813. The molecule has 1 aliphatic rings. The molecule has 15 heavy (non-hydrogen) atoms. The number of halogens is 1. The predicted octanol–water partition coefficient (Wildman–Crippen LogP) is 3.23. The summed E-state index contributed by atoms with van der Waals surface area (Å²) in [6, 6.07) is 0. The van der Waals surface area contributed by atoms with Crippen LogP contribution in [0.5, 0.6) is 0 Å². The number of ether oxygens (including phenoxy) is 1. The number of hydrogen-bond donors (Lipinski definition) is 0. The van der Waals surface area contributed by atoms with E-state index < -0.39 is 0 Å². The molecule has 0 aromatic carbocycles. The molecular weight excluding hydrogens is 212 g/mol. The first kappa shape index (κ1) is 12.8. The largest absolute Gasteiger partial charge is 0.465 e. The highest BCUT2D eigenvalue weighted by molar-refractivity contribution is 6.20. The van der Waals surface area contributed by atoms with E-state index in [0.717, 1.165) is 19.3 Å². The maximum absolute atomic E-state index is 11.8. The quantitative estimate of drug-likeness (QED) is 0.552. The van der Waals surface area contributed by atoms with Crippen molar-refractivity contribution in [1.29, 1.82) is 0 Å². The molecule has 1 fully saturated rings. The molecule has 0 N–H and O–H groups in total. The van der Waals surface area contributed by atoms with E-state index in [1.54, 1.807) is 0 Å². The predicted molar refractivity (Wildman–Crippen MR) is 61.9 cm³/mol. The second kappa shape index (κ2) is 5.74. The van der Waals surface area contributed by atoms with Gasteiger partial charge in [0.1, 0.15) is 0 Å². The number of carbonyl (C=O) groups excluding carboxylic acids is 1. The van der Waals surface area contributed by atoms with Gasteiger partial charge in [-0.2, -0.15) is 0 Å². The Kier molecular flexibility index (Phi) is 4.91. The van der Waals surface area contributed by atoms with E-state index in [9.17, 15) is 4.79 Å². The number of alkyl halides is 1. The van der Waals surface area contributed by atoms with Gasteiger partial charge in [0.15, 0.2) is 0 Å². The third-order valence-corrected chi connectivity index (χ3v) is 3.36. The topological polar surface area (TPSA) is 26.3 Å². The maximum atomic E-state index is 11.8. The number of esters is 1. The highest BCUT2D eigenvalue weighted by atomic mass is 35.5. The minimum absolute atomic E-state index is 0.0280. The van der Waals surface area contributed by atoms with Crippen molar-refractivity contribution in [2.45, 2.75) is 45.4 Å². The molecule has 0 amide bonds. The highest BCUT2D eigenvalue weighted by Gasteiger charge is 2.32. The fourth-order valence-electron chi connectivity index (χ4n) is 2.04. The fraction of sp³-hybridized carbons (Fsp3) is 0.917. The van der Waals surface area contributed by atoms with Gasteiger partial charge >= 0.3 is 5.97 Å². The number of hydrogen-bond acceptors (Lipinski definition) is 2. The van der Waals surface area contributed by atoms with Crippen molar-refractivity contribution < 1.29 is 9.53 Å². The van der Waals surface area contributed by atoms with Crippen molar-refractivity contribution in [3.8, 4) is 0 Å². The van der Waals surface area contributed by atoms with Crippen LogP contribution in [-0.2, 0) is 9.53 Å². The average Bonchev–Trinajstić information content (AvgIpc) is 2.14. The molecule has 0 aliphatic heterocycles. The minimum Gasteiger partial charge on any atom is -0.465 e. The Morgan fingerprint density at radius 1 is 1.47 bits per heavy atom. The van der Waals surface area contributed by atoms with E-state index in [2.05, 4.69) is 6.92 Å². The summed E-state index contributed by atoms with van der Waals surface area (Å²) in [6.07, 6.45) is 2.75. The number of rotatable bonds is 3. The first-order valence-electron chi connectivity index (χ1n) is 5.81. The summed E-state index contributed by atoms with van der Waals surface area (Å²) in [4.78, 5) is 11.8. The molecule has 1 rings (SSSR count). The van der Waals surface area contributed by atoms with Gasteiger partial charge in [-0.25, -0.2) is 0 Å². The summed E-state index contributed by atoms with van der Waals surface area (Å²) < 4.78 is 5.27. The summed E-state index contributed by atoms with van der Waals surface area (Å²) in [6.45, 7) is 6.72. The molecular formula is C12H21ClO2. The molecule has 1 aliphatic carbocycles. The van der Waals surface area contributed by atoms with Crippen molar-refractivity contribution in [1.82, 2.24) is 0 Å².